The number of aromatic nitrogens is 1. The molecule has 3 rings (SSSR count). The molecule has 1 aromatic heterocycles. The zero-order chi connectivity index (χ0) is 22.3. The second-order valence-corrected chi connectivity index (χ2v) is 7.66. The van der Waals surface area contributed by atoms with Gasteiger partial charge < -0.3 is 15.4 Å². The fourth-order valence-electron chi connectivity index (χ4n) is 3.37. The second kappa shape index (κ2) is 7.50. The highest BCUT2D eigenvalue weighted by molar-refractivity contribution is 6.04. The molecule has 162 valence electrons. The van der Waals surface area contributed by atoms with Gasteiger partial charge in [0.2, 0.25) is 0 Å². The molecule has 1 amide bonds. The third kappa shape index (κ3) is 3.96. The van der Waals surface area contributed by atoms with E-state index in [1.165, 1.54) is 6.20 Å². The summed E-state index contributed by atoms with van der Waals surface area (Å²) in [5.41, 5.74) is 0.0344. The average molecular weight is 429 g/mol. The molecule has 1 aliphatic heterocycles. The van der Waals surface area contributed by atoms with Crippen molar-refractivity contribution in [3.63, 3.8) is 0 Å². The first kappa shape index (κ1) is 21.9. The molecule has 1 aromatic carbocycles. The van der Waals surface area contributed by atoms with Crippen molar-refractivity contribution in [2.45, 2.75) is 37.9 Å². The number of hydrogen-bond donors (Lipinski definition) is 2. The number of halogens is 5. The molecule has 1 aliphatic rings. The van der Waals surface area contributed by atoms with E-state index in [1.807, 2.05) is 13.8 Å². The standard InChI is InChI=1S/C20H20F5N3O2/c1-18(2)10-26-8-12-6-13(9-27-16(12)18)28-17(29)11-4-5-15(30-3)14(7-11)19(21,22)20(23,24)25/h4-7,9,26H,8,10H2,1-3H3,(H,28,29). The number of methoxy groups -OCH3 is 1. The summed E-state index contributed by atoms with van der Waals surface area (Å²) in [7, 11) is 0.972. The quantitative estimate of drug-likeness (QED) is 0.709. The van der Waals surface area contributed by atoms with E-state index in [1.54, 1.807) is 6.07 Å². The van der Waals surface area contributed by atoms with Crippen LogP contribution >= 0.6 is 0 Å². The van der Waals surface area contributed by atoms with Gasteiger partial charge in [-0.1, -0.05) is 13.8 Å². The van der Waals surface area contributed by atoms with Crippen LogP contribution in [0, 0.1) is 0 Å². The Labute approximate surface area is 169 Å². The fourth-order valence-corrected chi connectivity index (χ4v) is 3.37. The van der Waals surface area contributed by atoms with Gasteiger partial charge in [-0.15, -0.1) is 0 Å². The lowest BCUT2D eigenvalue weighted by Gasteiger charge is -2.32. The molecule has 2 heterocycles. The zero-order valence-electron chi connectivity index (χ0n) is 16.5. The number of nitrogens with zero attached hydrogens (tertiary/aromatic N) is 1. The number of nitrogens with one attached hydrogen (secondary N) is 2. The molecule has 0 aliphatic carbocycles. The summed E-state index contributed by atoms with van der Waals surface area (Å²) >= 11 is 0. The first-order chi connectivity index (χ1) is 13.9. The summed E-state index contributed by atoms with van der Waals surface area (Å²) in [6.07, 6.45) is -4.41. The van der Waals surface area contributed by atoms with Crippen molar-refractivity contribution in [2.24, 2.45) is 0 Å². The number of hydrogen-bond acceptors (Lipinski definition) is 4. The Balaban J connectivity index is 1.91. The number of rotatable bonds is 4. The highest BCUT2D eigenvalue weighted by Crippen LogP contribution is 2.47. The molecule has 2 aromatic rings. The molecule has 0 fully saturated rings. The monoisotopic (exact) mass is 429 g/mol. The Hall–Kier alpha value is -2.75. The zero-order valence-corrected chi connectivity index (χ0v) is 16.5. The summed E-state index contributed by atoms with van der Waals surface area (Å²) in [5, 5.41) is 5.73. The molecule has 0 saturated carbocycles. The van der Waals surface area contributed by atoms with Crippen LogP contribution in [0.2, 0.25) is 0 Å². The number of anilines is 1. The van der Waals surface area contributed by atoms with Crippen LogP contribution in [0.15, 0.2) is 30.5 Å². The lowest BCUT2D eigenvalue weighted by molar-refractivity contribution is -0.289. The third-order valence-corrected chi connectivity index (χ3v) is 4.90. The van der Waals surface area contributed by atoms with Crippen LogP contribution in [-0.2, 0) is 17.9 Å². The summed E-state index contributed by atoms with van der Waals surface area (Å²) in [5.74, 6) is -6.70. The van der Waals surface area contributed by atoms with Gasteiger partial charge >= 0.3 is 12.1 Å². The lowest BCUT2D eigenvalue weighted by atomic mass is 9.83. The van der Waals surface area contributed by atoms with Gasteiger partial charge in [0.25, 0.3) is 5.91 Å². The molecule has 30 heavy (non-hydrogen) atoms. The minimum absolute atomic E-state index is 0.204. The topological polar surface area (TPSA) is 63.2 Å². The van der Waals surface area contributed by atoms with E-state index in [2.05, 4.69) is 20.4 Å². The Kier molecular flexibility index (Phi) is 5.48. The predicted molar refractivity (Wildman–Crippen MR) is 99.9 cm³/mol. The Morgan fingerprint density at radius 2 is 1.90 bits per heavy atom. The predicted octanol–water partition coefficient (Wildman–Crippen LogP) is 4.38. The van der Waals surface area contributed by atoms with Crippen molar-refractivity contribution in [1.29, 1.82) is 0 Å². The molecular formula is C20H20F5N3O2. The maximum Gasteiger partial charge on any atom is 0.458 e. The van der Waals surface area contributed by atoms with Gasteiger partial charge in [0.15, 0.2) is 0 Å². The normalized spacial score (nSPS) is 16.0. The van der Waals surface area contributed by atoms with Gasteiger partial charge in [0.05, 0.1) is 30.3 Å². The highest BCUT2D eigenvalue weighted by Gasteiger charge is 2.60. The number of benzene rings is 1. The summed E-state index contributed by atoms with van der Waals surface area (Å²) in [6.45, 7) is 5.31. The van der Waals surface area contributed by atoms with Crippen LogP contribution in [0.5, 0.6) is 5.75 Å². The van der Waals surface area contributed by atoms with E-state index < -0.39 is 29.3 Å². The number of carbonyl (C=O) groups is 1. The molecule has 0 bridgehead atoms. The van der Waals surface area contributed by atoms with Crippen molar-refractivity contribution < 1.29 is 31.5 Å². The number of pyridine rings is 1. The summed E-state index contributed by atoms with van der Waals surface area (Å²) in [6, 6.07) is 4.20. The van der Waals surface area contributed by atoms with Gasteiger partial charge in [-0.25, -0.2) is 0 Å². The molecule has 10 heteroatoms. The largest absolute Gasteiger partial charge is 0.496 e. The van der Waals surface area contributed by atoms with Crippen LogP contribution in [0.3, 0.4) is 0 Å². The molecule has 0 atom stereocenters. The van der Waals surface area contributed by atoms with Gasteiger partial charge in [0.1, 0.15) is 5.75 Å². The molecule has 0 saturated heterocycles. The minimum atomic E-state index is -5.84. The van der Waals surface area contributed by atoms with Crippen molar-refractivity contribution in [3.8, 4) is 5.75 Å². The van der Waals surface area contributed by atoms with Crippen molar-refractivity contribution >= 4 is 11.6 Å². The van der Waals surface area contributed by atoms with E-state index in [-0.39, 0.29) is 11.0 Å². The Bertz CT molecular complexity index is 973. The van der Waals surface area contributed by atoms with Crippen LogP contribution < -0.4 is 15.4 Å². The molecule has 0 unspecified atom stereocenters. The van der Waals surface area contributed by atoms with E-state index >= 15 is 0 Å². The molecule has 0 spiro atoms. The SMILES string of the molecule is COc1ccc(C(=O)Nc2cnc3c(c2)CNCC3(C)C)cc1C(F)(F)C(F)(F)F. The van der Waals surface area contributed by atoms with Crippen molar-refractivity contribution in [3.05, 3.63) is 52.8 Å². The van der Waals surface area contributed by atoms with Crippen LogP contribution in [-0.4, -0.2) is 30.7 Å². The Morgan fingerprint density at radius 1 is 1.20 bits per heavy atom. The van der Waals surface area contributed by atoms with Gasteiger partial charge in [-0.05, 0) is 29.8 Å². The number of ether oxygens (including phenoxy) is 1. The van der Waals surface area contributed by atoms with Crippen LogP contribution in [0.4, 0.5) is 27.6 Å². The first-order valence-electron chi connectivity index (χ1n) is 9.01. The Morgan fingerprint density at radius 3 is 2.53 bits per heavy atom. The first-order valence-corrected chi connectivity index (χ1v) is 9.01. The van der Waals surface area contributed by atoms with E-state index in [0.717, 1.165) is 37.0 Å². The number of carbonyl (C=O) groups excluding carboxylic acids is 1. The van der Waals surface area contributed by atoms with E-state index in [4.69, 9.17) is 0 Å². The maximum absolute atomic E-state index is 13.9. The minimum Gasteiger partial charge on any atom is -0.496 e. The highest BCUT2D eigenvalue weighted by atomic mass is 19.4. The van der Waals surface area contributed by atoms with Crippen LogP contribution in [0.1, 0.15) is 41.0 Å². The molecule has 5 nitrogen and oxygen atoms in total. The maximum atomic E-state index is 13.9. The van der Waals surface area contributed by atoms with Crippen LogP contribution in [0.25, 0.3) is 0 Å². The molecule has 0 radical (unpaired) electrons. The third-order valence-electron chi connectivity index (χ3n) is 4.90. The number of fused-ring (bicyclic) bond motifs is 1. The molecule has 2 N–H and O–H groups in total. The smallest absolute Gasteiger partial charge is 0.458 e. The number of amides is 1. The van der Waals surface area contributed by atoms with E-state index in [9.17, 15) is 26.7 Å². The average Bonchev–Trinajstić information content (AvgIpc) is 2.66. The fraction of sp³-hybridized carbons (Fsp3) is 0.400. The summed E-state index contributed by atoms with van der Waals surface area (Å²) in [4.78, 5) is 16.9. The van der Waals surface area contributed by atoms with Crippen molar-refractivity contribution in [1.82, 2.24) is 10.3 Å². The van der Waals surface area contributed by atoms with E-state index in [0.29, 0.717) is 18.3 Å². The van der Waals surface area contributed by atoms with Gasteiger partial charge in [-0.3, -0.25) is 9.78 Å². The van der Waals surface area contributed by atoms with Gasteiger partial charge in [0, 0.05) is 24.1 Å². The lowest BCUT2D eigenvalue weighted by Crippen LogP contribution is -2.39. The molecular weight excluding hydrogens is 409 g/mol. The van der Waals surface area contributed by atoms with Crippen molar-refractivity contribution in [2.75, 3.05) is 19.0 Å². The summed E-state index contributed by atoms with van der Waals surface area (Å²) < 4.78 is 70.9. The number of alkyl halides is 5. The van der Waals surface area contributed by atoms with Gasteiger partial charge in [-0.2, -0.15) is 22.0 Å². The second-order valence-electron chi connectivity index (χ2n) is 7.66.